The normalized spacial score (nSPS) is 11.1. The Labute approximate surface area is 161 Å². The van der Waals surface area contributed by atoms with Gasteiger partial charge in [0, 0.05) is 11.1 Å². The largest absolute Gasteiger partial charge is 0.382 e. The zero-order chi connectivity index (χ0) is 19.4. The third-order valence-electron chi connectivity index (χ3n) is 3.41. The van der Waals surface area contributed by atoms with Crippen molar-refractivity contribution < 1.29 is 13.8 Å². The molecule has 3 N–H and O–H groups in total. The molecule has 3 aromatic rings. The highest BCUT2D eigenvalue weighted by molar-refractivity contribution is 9.10. The van der Waals surface area contributed by atoms with Gasteiger partial charge in [0.05, 0.1) is 10.2 Å². The second-order valence-electron chi connectivity index (χ2n) is 5.24. The van der Waals surface area contributed by atoms with Crippen LogP contribution in [0.25, 0.3) is 0 Å². The monoisotopic (exact) mass is 427 g/mol. The number of aliphatic imine (C=N–C) groups is 1. The minimum atomic E-state index is -0.471. The molecule has 0 spiro atoms. The number of carbonyl (C=O) groups is 1. The minimum absolute atomic E-state index is 0.00598. The second-order valence-corrected chi connectivity index (χ2v) is 6.09. The first kappa shape index (κ1) is 18.3. The van der Waals surface area contributed by atoms with Crippen LogP contribution < -0.4 is 11.1 Å². The molecule has 0 unspecified atom stereocenters. The molecule has 1 aromatic heterocycles. The van der Waals surface area contributed by atoms with Crippen LogP contribution in [-0.2, 0) is 0 Å². The van der Waals surface area contributed by atoms with Crippen molar-refractivity contribution in [3.05, 3.63) is 69.6 Å². The number of carbonyl (C=O) groups excluding carboxylic acids is 1. The average Bonchev–Trinajstić information content (AvgIpc) is 3.13. The Kier molecular flexibility index (Phi) is 5.28. The van der Waals surface area contributed by atoms with E-state index in [-0.39, 0.29) is 21.8 Å². The van der Waals surface area contributed by atoms with E-state index in [1.807, 2.05) is 0 Å². The van der Waals surface area contributed by atoms with E-state index in [0.29, 0.717) is 16.8 Å². The second kappa shape index (κ2) is 7.80. The maximum absolute atomic E-state index is 13.3. The molecule has 0 fully saturated rings. The van der Waals surface area contributed by atoms with Crippen LogP contribution in [-0.4, -0.2) is 22.1 Å². The van der Waals surface area contributed by atoms with Crippen molar-refractivity contribution in [2.75, 3.05) is 5.32 Å². The summed E-state index contributed by atoms with van der Waals surface area (Å²) in [4.78, 5) is 16.5. The Bertz CT molecular complexity index is 1090. The number of amides is 1. The molecule has 0 aliphatic rings. The fourth-order valence-electron chi connectivity index (χ4n) is 2.12. The SMILES string of the molecule is C#Cc1cccc(C(=O)Nc2nonc2C(N)=Nc2ccc(F)c(Br)c2)c1. The van der Waals surface area contributed by atoms with Crippen molar-refractivity contribution >= 4 is 39.2 Å². The van der Waals surface area contributed by atoms with E-state index in [4.69, 9.17) is 12.2 Å². The van der Waals surface area contributed by atoms with Gasteiger partial charge >= 0.3 is 0 Å². The van der Waals surface area contributed by atoms with E-state index in [9.17, 15) is 9.18 Å². The first-order valence-electron chi connectivity index (χ1n) is 7.48. The molecule has 9 heteroatoms. The van der Waals surface area contributed by atoms with Crippen LogP contribution in [0.4, 0.5) is 15.9 Å². The maximum Gasteiger partial charge on any atom is 0.257 e. The molecular formula is C18H11BrFN5O2. The lowest BCUT2D eigenvalue weighted by Crippen LogP contribution is -2.19. The lowest BCUT2D eigenvalue weighted by atomic mass is 10.1. The molecule has 27 heavy (non-hydrogen) atoms. The van der Waals surface area contributed by atoms with Crippen LogP contribution in [0, 0.1) is 18.2 Å². The number of terminal acetylenes is 1. The summed E-state index contributed by atoms with van der Waals surface area (Å²) in [6.07, 6.45) is 5.33. The summed E-state index contributed by atoms with van der Waals surface area (Å²) >= 11 is 3.07. The lowest BCUT2D eigenvalue weighted by Gasteiger charge is -2.04. The standard InChI is InChI=1S/C18H11BrFN5O2/c1-2-10-4-3-5-11(8-10)18(26)23-17-15(24-27-25-17)16(21)22-12-6-7-14(20)13(19)9-12/h1,3-9H,(H2,21,22)(H,23,25,26). The number of hydrogen-bond donors (Lipinski definition) is 2. The fraction of sp³-hybridized carbons (Fsp3) is 0. The first-order valence-corrected chi connectivity index (χ1v) is 8.27. The van der Waals surface area contributed by atoms with Crippen molar-refractivity contribution in [3.63, 3.8) is 0 Å². The highest BCUT2D eigenvalue weighted by Gasteiger charge is 2.18. The molecule has 3 rings (SSSR count). The third kappa shape index (κ3) is 4.19. The molecule has 134 valence electrons. The van der Waals surface area contributed by atoms with Crippen molar-refractivity contribution in [2.45, 2.75) is 0 Å². The van der Waals surface area contributed by atoms with E-state index in [2.05, 4.69) is 47.1 Å². The lowest BCUT2D eigenvalue weighted by molar-refractivity contribution is 0.102. The van der Waals surface area contributed by atoms with Crippen molar-refractivity contribution in [3.8, 4) is 12.3 Å². The van der Waals surface area contributed by atoms with Gasteiger partial charge in [-0.25, -0.2) is 14.0 Å². The molecule has 0 aliphatic carbocycles. The summed E-state index contributed by atoms with van der Waals surface area (Å²) in [6.45, 7) is 0. The van der Waals surface area contributed by atoms with Gasteiger partial charge in [-0.05, 0) is 62.6 Å². The third-order valence-corrected chi connectivity index (χ3v) is 4.01. The summed E-state index contributed by atoms with van der Waals surface area (Å²) in [7, 11) is 0. The molecular weight excluding hydrogens is 417 g/mol. The molecule has 0 saturated heterocycles. The van der Waals surface area contributed by atoms with E-state index >= 15 is 0 Å². The summed E-state index contributed by atoms with van der Waals surface area (Å²) in [5.41, 5.74) is 7.23. The van der Waals surface area contributed by atoms with Crippen LogP contribution in [0.3, 0.4) is 0 Å². The number of nitrogens with zero attached hydrogens (tertiary/aromatic N) is 3. The fourth-order valence-corrected chi connectivity index (χ4v) is 2.48. The number of nitrogens with two attached hydrogens (primary N) is 1. The highest BCUT2D eigenvalue weighted by atomic mass is 79.9. The Hall–Kier alpha value is -3.51. The quantitative estimate of drug-likeness (QED) is 0.377. The molecule has 0 bridgehead atoms. The van der Waals surface area contributed by atoms with Gasteiger partial charge in [-0.15, -0.1) is 6.42 Å². The Morgan fingerprint density at radius 2 is 2.11 bits per heavy atom. The van der Waals surface area contributed by atoms with Gasteiger partial charge < -0.3 is 11.1 Å². The minimum Gasteiger partial charge on any atom is -0.382 e. The van der Waals surface area contributed by atoms with Gasteiger partial charge in [0.15, 0.2) is 11.5 Å². The Balaban J connectivity index is 1.84. The van der Waals surface area contributed by atoms with Crippen LogP contribution in [0.1, 0.15) is 21.6 Å². The summed E-state index contributed by atoms with van der Waals surface area (Å²) < 4.78 is 18.2. The Morgan fingerprint density at radius 1 is 1.30 bits per heavy atom. The Morgan fingerprint density at radius 3 is 2.85 bits per heavy atom. The number of hydrogen-bond acceptors (Lipinski definition) is 5. The van der Waals surface area contributed by atoms with E-state index in [1.54, 1.807) is 24.3 Å². The predicted molar refractivity (Wildman–Crippen MR) is 101 cm³/mol. The predicted octanol–water partition coefficient (Wildman–Crippen LogP) is 3.24. The molecule has 0 atom stereocenters. The number of anilines is 1. The molecule has 1 amide bonds. The maximum atomic E-state index is 13.3. The average molecular weight is 428 g/mol. The summed E-state index contributed by atoms with van der Waals surface area (Å²) in [6, 6.07) is 10.6. The summed E-state index contributed by atoms with van der Waals surface area (Å²) in [5.74, 6) is 1.47. The van der Waals surface area contributed by atoms with Gasteiger partial charge in [0.1, 0.15) is 5.82 Å². The van der Waals surface area contributed by atoms with Gasteiger partial charge in [-0.3, -0.25) is 4.79 Å². The van der Waals surface area contributed by atoms with Gasteiger partial charge in [0.2, 0.25) is 5.82 Å². The molecule has 2 aromatic carbocycles. The zero-order valence-electron chi connectivity index (χ0n) is 13.6. The van der Waals surface area contributed by atoms with Gasteiger partial charge in [-0.2, -0.15) is 0 Å². The number of benzene rings is 2. The number of nitrogens with one attached hydrogen (secondary N) is 1. The van der Waals surface area contributed by atoms with Gasteiger partial charge in [-0.1, -0.05) is 12.0 Å². The molecule has 0 aliphatic heterocycles. The molecule has 0 radical (unpaired) electrons. The number of rotatable bonds is 4. The van der Waals surface area contributed by atoms with Crippen LogP contribution >= 0.6 is 15.9 Å². The zero-order valence-corrected chi connectivity index (χ0v) is 15.2. The number of aromatic nitrogens is 2. The van der Waals surface area contributed by atoms with Crippen LogP contribution in [0.5, 0.6) is 0 Å². The van der Waals surface area contributed by atoms with E-state index in [0.717, 1.165) is 0 Å². The number of halogens is 2. The molecule has 7 nitrogen and oxygen atoms in total. The smallest absolute Gasteiger partial charge is 0.257 e. The van der Waals surface area contributed by atoms with Crippen molar-refractivity contribution in [1.29, 1.82) is 0 Å². The van der Waals surface area contributed by atoms with E-state index < -0.39 is 11.7 Å². The van der Waals surface area contributed by atoms with Crippen LogP contribution in [0.15, 0.2) is 56.6 Å². The van der Waals surface area contributed by atoms with Crippen molar-refractivity contribution in [2.24, 2.45) is 10.7 Å². The van der Waals surface area contributed by atoms with Gasteiger partial charge in [0.25, 0.3) is 5.91 Å². The first-order chi connectivity index (χ1) is 13.0. The van der Waals surface area contributed by atoms with Crippen LogP contribution in [0.2, 0.25) is 0 Å². The summed E-state index contributed by atoms with van der Waals surface area (Å²) in [5, 5.41) is 9.83. The van der Waals surface area contributed by atoms with E-state index in [1.165, 1.54) is 18.2 Å². The van der Waals surface area contributed by atoms with Crippen molar-refractivity contribution in [1.82, 2.24) is 10.3 Å². The topological polar surface area (TPSA) is 106 Å². The molecule has 0 saturated carbocycles. The molecule has 1 heterocycles. The highest BCUT2D eigenvalue weighted by Crippen LogP contribution is 2.23. The number of amidine groups is 1.